The van der Waals surface area contributed by atoms with Crippen molar-refractivity contribution in [1.82, 2.24) is 20.4 Å². The molecule has 0 aliphatic rings. The van der Waals surface area contributed by atoms with Crippen LogP contribution in [0.3, 0.4) is 0 Å². The number of aromatic nitrogens is 2. The molecule has 2 rings (SSSR count). The van der Waals surface area contributed by atoms with Crippen molar-refractivity contribution in [3.05, 3.63) is 40.9 Å². The number of esters is 1. The minimum Gasteiger partial charge on any atom is -0.452 e. The van der Waals surface area contributed by atoms with Gasteiger partial charge in [-0.2, -0.15) is 0 Å². The summed E-state index contributed by atoms with van der Waals surface area (Å²) < 4.78 is 10.2. The minimum absolute atomic E-state index is 0.158. The van der Waals surface area contributed by atoms with Gasteiger partial charge in [-0.25, -0.2) is 9.78 Å². The molecule has 0 fully saturated rings. The van der Waals surface area contributed by atoms with Crippen LogP contribution in [0.1, 0.15) is 27.4 Å². The van der Waals surface area contributed by atoms with Crippen LogP contribution in [-0.4, -0.2) is 60.1 Å². The standard InChI is InChI=1S/C18H22N4O5S/c1-11-14(12(2)27-21-11)10-28-17-13(6-5-7-19-17)18(25)26-9-15(23)20-8-16(24)22(3)4/h5-7H,8-10H2,1-4H3,(H,20,23). The first-order valence-electron chi connectivity index (χ1n) is 8.43. The van der Waals surface area contributed by atoms with Gasteiger partial charge in [0.05, 0.1) is 17.8 Å². The summed E-state index contributed by atoms with van der Waals surface area (Å²) in [5.41, 5.74) is 1.99. The largest absolute Gasteiger partial charge is 0.452 e. The lowest BCUT2D eigenvalue weighted by Crippen LogP contribution is -2.38. The molecule has 2 amide bonds. The third kappa shape index (κ3) is 5.81. The monoisotopic (exact) mass is 406 g/mol. The van der Waals surface area contributed by atoms with Gasteiger partial charge in [0.25, 0.3) is 5.91 Å². The lowest BCUT2D eigenvalue weighted by Gasteiger charge is -2.11. The van der Waals surface area contributed by atoms with Gasteiger partial charge in [0.15, 0.2) is 6.61 Å². The highest BCUT2D eigenvalue weighted by atomic mass is 32.2. The summed E-state index contributed by atoms with van der Waals surface area (Å²) >= 11 is 1.35. The Hall–Kier alpha value is -2.88. The van der Waals surface area contributed by atoms with Gasteiger partial charge in [-0.1, -0.05) is 5.16 Å². The Bertz CT molecular complexity index is 846. The fourth-order valence-electron chi connectivity index (χ4n) is 2.10. The normalized spacial score (nSPS) is 10.4. The average molecular weight is 406 g/mol. The van der Waals surface area contributed by atoms with Gasteiger partial charge in [0.1, 0.15) is 10.8 Å². The van der Waals surface area contributed by atoms with Crippen molar-refractivity contribution in [3.8, 4) is 0 Å². The van der Waals surface area contributed by atoms with Crippen molar-refractivity contribution >= 4 is 29.5 Å². The predicted molar refractivity (Wildman–Crippen MR) is 102 cm³/mol. The Morgan fingerprint density at radius 3 is 2.68 bits per heavy atom. The topological polar surface area (TPSA) is 115 Å². The van der Waals surface area contributed by atoms with Gasteiger partial charge < -0.3 is 19.5 Å². The molecule has 2 aromatic rings. The van der Waals surface area contributed by atoms with Gasteiger partial charge in [-0.3, -0.25) is 9.59 Å². The number of amides is 2. The van der Waals surface area contributed by atoms with Crippen LogP contribution in [0.15, 0.2) is 27.9 Å². The van der Waals surface area contributed by atoms with Crippen molar-refractivity contribution in [1.29, 1.82) is 0 Å². The fraction of sp³-hybridized carbons (Fsp3) is 0.389. The van der Waals surface area contributed by atoms with Crippen molar-refractivity contribution in [2.75, 3.05) is 27.2 Å². The van der Waals surface area contributed by atoms with E-state index in [1.807, 2.05) is 13.8 Å². The number of carbonyl (C=O) groups is 3. The molecule has 0 saturated heterocycles. The smallest absolute Gasteiger partial charge is 0.341 e. The van der Waals surface area contributed by atoms with Crippen LogP contribution in [0.4, 0.5) is 0 Å². The van der Waals surface area contributed by atoms with Gasteiger partial charge in [0, 0.05) is 31.6 Å². The number of carbonyl (C=O) groups excluding carboxylic acids is 3. The van der Waals surface area contributed by atoms with Crippen molar-refractivity contribution < 1.29 is 23.6 Å². The number of aryl methyl sites for hydroxylation is 2. The van der Waals surface area contributed by atoms with Crippen LogP contribution >= 0.6 is 11.8 Å². The Morgan fingerprint density at radius 2 is 2.04 bits per heavy atom. The van der Waals surface area contributed by atoms with E-state index in [1.165, 1.54) is 16.7 Å². The highest BCUT2D eigenvalue weighted by Gasteiger charge is 2.18. The Morgan fingerprint density at radius 1 is 1.29 bits per heavy atom. The Labute approximate surface area is 166 Å². The number of likely N-dealkylation sites (N-methyl/N-ethyl adjacent to an activating group) is 1. The molecule has 28 heavy (non-hydrogen) atoms. The SMILES string of the molecule is Cc1noc(C)c1CSc1ncccc1C(=O)OCC(=O)NCC(=O)N(C)C. The molecule has 9 nitrogen and oxygen atoms in total. The van der Waals surface area contributed by atoms with Crippen LogP contribution in [-0.2, 0) is 20.1 Å². The molecule has 0 aliphatic heterocycles. The molecule has 150 valence electrons. The molecule has 0 radical (unpaired) electrons. The van der Waals surface area contributed by atoms with Crippen molar-refractivity contribution in [2.45, 2.75) is 24.6 Å². The van der Waals surface area contributed by atoms with Crippen LogP contribution in [0, 0.1) is 13.8 Å². The average Bonchev–Trinajstić information content (AvgIpc) is 3.00. The number of nitrogens with one attached hydrogen (secondary N) is 1. The number of nitrogens with zero attached hydrogens (tertiary/aromatic N) is 3. The molecule has 0 saturated carbocycles. The fourth-order valence-corrected chi connectivity index (χ4v) is 3.24. The molecule has 0 spiro atoms. The van der Waals surface area contributed by atoms with E-state index in [1.54, 1.807) is 32.4 Å². The maximum atomic E-state index is 12.3. The van der Waals surface area contributed by atoms with Crippen LogP contribution in [0.5, 0.6) is 0 Å². The first-order valence-corrected chi connectivity index (χ1v) is 9.41. The Balaban J connectivity index is 1.93. The molecular weight excluding hydrogens is 384 g/mol. The minimum atomic E-state index is -0.663. The first-order chi connectivity index (χ1) is 13.3. The molecule has 0 bridgehead atoms. The van der Waals surface area contributed by atoms with Crippen molar-refractivity contribution in [2.24, 2.45) is 0 Å². The quantitative estimate of drug-likeness (QED) is 0.516. The molecule has 0 aliphatic carbocycles. The number of hydrogen-bond acceptors (Lipinski definition) is 8. The van der Waals surface area contributed by atoms with E-state index in [4.69, 9.17) is 9.26 Å². The molecule has 0 aromatic carbocycles. The maximum Gasteiger partial charge on any atom is 0.341 e. The van der Waals surface area contributed by atoms with E-state index in [0.29, 0.717) is 16.5 Å². The lowest BCUT2D eigenvalue weighted by molar-refractivity contribution is -0.131. The second kappa shape index (κ2) is 9.88. The van der Waals surface area contributed by atoms with Gasteiger partial charge >= 0.3 is 5.97 Å². The molecule has 0 atom stereocenters. The molecule has 0 unspecified atom stereocenters. The van der Waals surface area contributed by atoms with E-state index in [0.717, 1.165) is 11.3 Å². The summed E-state index contributed by atoms with van der Waals surface area (Å²) in [6.45, 7) is 3.03. The van der Waals surface area contributed by atoms with Crippen molar-refractivity contribution in [3.63, 3.8) is 0 Å². The highest BCUT2D eigenvalue weighted by molar-refractivity contribution is 7.98. The maximum absolute atomic E-state index is 12.3. The zero-order chi connectivity index (χ0) is 20.7. The van der Waals surface area contributed by atoms with Gasteiger partial charge in [-0.05, 0) is 26.0 Å². The molecule has 2 aromatic heterocycles. The zero-order valence-corrected chi connectivity index (χ0v) is 17.0. The molecule has 10 heteroatoms. The molecule has 1 N–H and O–H groups in total. The number of ether oxygens (including phenoxy) is 1. The summed E-state index contributed by atoms with van der Waals surface area (Å²) in [5, 5.41) is 6.78. The van der Waals surface area contributed by atoms with Crippen LogP contribution in [0.25, 0.3) is 0 Å². The second-order valence-electron chi connectivity index (χ2n) is 6.09. The van der Waals surface area contributed by atoms with E-state index in [2.05, 4.69) is 15.5 Å². The number of rotatable bonds is 8. The second-order valence-corrected chi connectivity index (χ2v) is 7.05. The summed E-state index contributed by atoms with van der Waals surface area (Å²) in [4.78, 5) is 41.1. The van der Waals surface area contributed by atoms with E-state index in [-0.39, 0.29) is 18.0 Å². The zero-order valence-electron chi connectivity index (χ0n) is 16.1. The van der Waals surface area contributed by atoms with E-state index in [9.17, 15) is 14.4 Å². The van der Waals surface area contributed by atoms with Gasteiger partial charge in [0.2, 0.25) is 5.91 Å². The number of pyridine rings is 1. The third-order valence-electron chi connectivity index (χ3n) is 3.80. The summed E-state index contributed by atoms with van der Waals surface area (Å²) in [6, 6.07) is 3.20. The third-order valence-corrected chi connectivity index (χ3v) is 4.83. The van der Waals surface area contributed by atoms with E-state index < -0.39 is 18.5 Å². The predicted octanol–water partition coefficient (Wildman–Crippen LogP) is 1.34. The first kappa shape index (κ1) is 21.4. The van der Waals surface area contributed by atoms with E-state index >= 15 is 0 Å². The summed E-state index contributed by atoms with van der Waals surface area (Å²) in [7, 11) is 3.16. The number of hydrogen-bond donors (Lipinski definition) is 1. The lowest BCUT2D eigenvalue weighted by atomic mass is 10.2. The summed E-state index contributed by atoms with van der Waals surface area (Å²) in [5.74, 6) is -0.231. The molecule has 2 heterocycles. The molecular formula is C18H22N4O5S. The van der Waals surface area contributed by atoms with Gasteiger partial charge in [-0.15, -0.1) is 11.8 Å². The number of thioether (sulfide) groups is 1. The van der Waals surface area contributed by atoms with Crippen LogP contribution < -0.4 is 5.32 Å². The summed E-state index contributed by atoms with van der Waals surface area (Å²) in [6.07, 6.45) is 1.58. The Kier molecular flexibility index (Phi) is 7.56. The van der Waals surface area contributed by atoms with Crippen LogP contribution in [0.2, 0.25) is 0 Å². The highest BCUT2D eigenvalue weighted by Crippen LogP contribution is 2.27.